The zero-order valence-corrected chi connectivity index (χ0v) is 12.6. The Balaban J connectivity index is 1.53. The summed E-state index contributed by atoms with van der Waals surface area (Å²) in [4.78, 5) is 30.3. The Morgan fingerprint density at radius 1 is 0.955 bits per heavy atom. The molecule has 2 fully saturated rings. The Labute approximate surface area is 130 Å². The standard InChI is InChI=1S/C16H21N3O3/c20-15(12-17-8-10-22-11-9-17)18-6-7-19(13-18)16(21)14-4-2-1-3-5-14/h1-5H,6-13H2. The molecule has 2 heterocycles. The minimum absolute atomic E-state index is 0.0118. The zero-order chi connectivity index (χ0) is 15.4. The topological polar surface area (TPSA) is 53.1 Å². The van der Waals surface area contributed by atoms with Gasteiger partial charge < -0.3 is 14.5 Å². The van der Waals surface area contributed by atoms with Crippen molar-refractivity contribution < 1.29 is 14.3 Å². The smallest absolute Gasteiger partial charge is 0.255 e. The molecule has 2 amide bonds. The number of benzene rings is 1. The van der Waals surface area contributed by atoms with Crippen molar-refractivity contribution in [3.8, 4) is 0 Å². The molecule has 0 atom stereocenters. The molecular weight excluding hydrogens is 282 g/mol. The minimum atomic E-state index is -0.0118. The Kier molecular flexibility index (Phi) is 4.70. The van der Waals surface area contributed by atoms with E-state index in [1.807, 2.05) is 18.2 Å². The van der Waals surface area contributed by atoms with Crippen molar-refractivity contribution in [3.63, 3.8) is 0 Å². The van der Waals surface area contributed by atoms with Crippen molar-refractivity contribution in [1.29, 1.82) is 0 Å². The van der Waals surface area contributed by atoms with Gasteiger partial charge in [-0.25, -0.2) is 0 Å². The van der Waals surface area contributed by atoms with Gasteiger partial charge in [0.25, 0.3) is 5.91 Å². The van der Waals surface area contributed by atoms with Gasteiger partial charge in [0.15, 0.2) is 0 Å². The quantitative estimate of drug-likeness (QED) is 0.804. The second-order valence-corrected chi connectivity index (χ2v) is 5.62. The van der Waals surface area contributed by atoms with Crippen LogP contribution in [-0.4, -0.2) is 79.1 Å². The molecule has 2 aliphatic heterocycles. The fraction of sp³-hybridized carbons (Fsp3) is 0.500. The maximum absolute atomic E-state index is 12.4. The van der Waals surface area contributed by atoms with Gasteiger partial charge in [0, 0.05) is 31.7 Å². The van der Waals surface area contributed by atoms with Crippen LogP contribution in [0, 0.1) is 0 Å². The van der Waals surface area contributed by atoms with Gasteiger partial charge in [-0.1, -0.05) is 18.2 Å². The van der Waals surface area contributed by atoms with Crippen LogP contribution in [0.15, 0.2) is 30.3 Å². The molecule has 22 heavy (non-hydrogen) atoms. The van der Waals surface area contributed by atoms with E-state index in [1.54, 1.807) is 21.9 Å². The van der Waals surface area contributed by atoms with Crippen LogP contribution in [0.5, 0.6) is 0 Å². The van der Waals surface area contributed by atoms with E-state index in [-0.39, 0.29) is 11.8 Å². The highest BCUT2D eigenvalue weighted by molar-refractivity contribution is 5.94. The second kappa shape index (κ2) is 6.89. The third-order valence-corrected chi connectivity index (χ3v) is 4.10. The lowest BCUT2D eigenvalue weighted by Crippen LogP contribution is -2.44. The summed E-state index contributed by atoms with van der Waals surface area (Å²) in [6, 6.07) is 9.20. The molecule has 2 aliphatic rings. The lowest BCUT2D eigenvalue weighted by molar-refractivity contribution is -0.132. The van der Waals surface area contributed by atoms with Crippen LogP contribution in [0.1, 0.15) is 10.4 Å². The van der Waals surface area contributed by atoms with Crippen LogP contribution in [0.25, 0.3) is 0 Å². The third-order valence-electron chi connectivity index (χ3n) is 4.10. The van der Waals surface area contributed by atoms with E-state index in [2.05, 4.69) is 4.90 Å². The summed E-state index contributed by atoms with van der Waals surface area (Å²) in [5.74, 6) is 0.0764. The summed E-state index contributed by atoms with van der Waals surface area (Å²) in [7, 11) is 0. The van der Waals surface area contributed by atoms with Crippen molar-refractivity contribution >= 4 is 11.8 Å². The van der Waals surface area contributed by atoms with Crippen LogP contribution >= 0.6 is 0 Å². The lowest BCUT2D eigenvalue weighted by atomic mass is 10.2. The molecule has 0 radical (unpaired) electrons. The molecule has 0 N–H and O–H groups in total. The maximum atomic E-state index is 12.4. The van der Waals surface area contributed by atoms with Gasteiger partial charge in [0.1, 0.15) is 0 Å². The Hall–Kier alpha value is -1.92. The normalized spacial score (nSPS) is 19.5. The van der Waals surface area contributed by atoms with Gasteiger partial charge in [0.2, 0.25) is 5.91 Å². The molecule has 2 saturated heterocycles. The number of amides is 2. The molecule has 118 valence electrons. The largest absolute Gasteiger partial charge is 0.379 e. The monoisotopic (exact) mass is 303 g/mol. The molecule has 6 heteroatoms. The second-order valence-electron chi connectivity index (χ2n) is 5.62. The first-order valence-corrected chi connectivity index (χ1v) is 7.66. The number of hydrogen-bond acceptors (Lipinski definition) is 4. The number of rotatable bonds is 3. The summed E-state index contributed by atoms with van der Waals surface area (Å²) in [5, 5.41) is 0. The van der Waals surface area contributed by atoms with E-state index in [9.17, 15) is 9.59 Å². The lowest BCUT2D eigenvalue weighted by Gasteiger charge is -2.27. The minimum Gasteiger partial charge on any atom is -0.379 e. The number of carbonyl (C=O) groups is 2. The van der Waals surface area contributed by atoms with Crippen LogP contribution in [0.2, 0.25) is 0 Å². The van der Waals surface area contributed by atoms with Gasteiger partial charge in [-0.2, -0.15) is 0 Å². The first kappa shape index (κ1) is 15.0. The highest BCUT2D eigenvalue weighted by atomic mass is 16.5. The predicted octanol–water partition coefficient (Wildman–Crippen LogP) is 0.261. The van der Waals surface area contributed by atoms with Crippen LogP contribution in [0.4, 0.5) is 0 Å². The molecule has 0 aromatic heterocycles. The number of hydrogen-bond donors (Lipinski definition) is 0. The Bertz CT molecular complexity index is 529. The molecule has 3 rings (SSSR count). The van der Waals surface area contributed by atoms with E-state index >= 15 is 0 Å². The fourth-order valence-electron chi connectivity index (χ4n) is 2.77. The molecular formula is C16H21N3O3. The van der Waals surface area contributed by atoms with Crippen molar-refractivity contribution in [2.75, 3.05) is 52.6 Å². The fourth-order valence-corrected chi connectivity index (χ4v) is 2.77. The van der Waals surface area contributed by atoms with Crippen molar-refractivity contribution in [2.45, 2.75) is 0 Å². The highest BCUT2D eigenvalue weighted by Gasteiger charge is 2.29. The summed E-state index contributed by atoms with van der Waals surface area (Å²) < 4.78 is 5.28. The van der Waals surface area contributed by atoms with Gasteiger partial charge in [-0.3, -0.25) is 14.5 Å². The van der Waals surface area contributed by atoms with E-state index in [0.717, 1.165) is 13.1 Å². The molecule has 1 aromatic rings. The molecule has 0 bridgehead atoms. The maximum Gasteiger partial charge on any atom is 0.255 e. The first-order valence-electron chi connectivity index (χ1n) is 7.66. The molecule has 0 saturated carbocycles. The van der Waals surface area contributed by atoms with Gasteiger partial charge in [-0.15, -0.1) is 0 Å². The van der Waals surface area contributed by atoms with Crippen molar-refractivity contribution in [3.05, 3.63) is 35.9 Å². The molecule has 0 aliphatic carbocycles. The van der Waals surface area contributed by atoms with E-state index in [1.165, 1.54) is 0 Å². The van der Waals surface area contributed by atoms with Crippen molar-refractivity contribution in [2.24, 2.45) is 0 Å². The Morgan fingerprint density at radius 3 is 2.36 bits per heavy atom. The van der Waals surface area contributed by atoms with Crippen molar-refractivity contribution in [1.82, 2.24) is 14.7 Å². The van der Waals surface area contributed by atoms with Gasteiger partial charge in [0.05, 0.1) is 26.4 Å². The number of nitrogens with zero attached hydrogens (tertiary/aromatic N) is 3. The summed E-state index contributed by atoms with van der Waals surface area (Å²) >= 11 is 0. The first-order chi connectivity index (χ1) is 10.7. The van der Waals surface area contributed by atoms with E-state index in [0.29, 0.717) is 45.1 Å². The molecule has 6 nitrogen and oxygen atoms in total. The summed E-state index contributed by atoms with van der Waals surface area (Å²) in [6.45, 7) is 4.98. The van der Waals surface area contributed by atoms with Crippen LogP contribution in [0.3, 0.4) is 0 Å². The van der Waals surface area contributed by atoms with Crippen LogP contribution < -0.4 is 0 Å². The van der Waals surface area contributed by atoms with E-state index in [4.69, 9.17) is 4.74 Å². The summed E-state index contributed by atoms with van der Waals surface area (Å²) in [6.07, 6.45) is 0. The molecule has 0 spiro atoms. The van der Waals surface area contributed by atoms with Crippen LogP contribution in [-0.2, 0) is 9.53 Å². The number of morpholine rings is 1. The average molecular weight is 303 g/mol. The van der Waals surface area contributed by atoms with E-state index < -0.39 is 0 Å². The highest BCUT2D eigenvalue weighted by Crippen LogP contribution is 2.11. The summed E-state index contributed by atoms with van der Waals surface area (Å²) in [5.41, 5.74) is 0.671. The number of carbonyl (C=O) groups excluding carboxylic acids is 2. The molecule has 1 aromatic carbocycles. The average Bonchev–Trinajstić information content (AvgIpc) is 3.06. The SMILES string of the molecule is O=C(CN1CCOCC1)N1CCN(C(=O)c2ccccc2)C1. The zero-order valence-electron chi connectivity index (χ0n) is 12.6. The van der Waals surface area contributed by atoms with Gasteiger partial charge >= 0.3 is 0 Å². The predicted molar refractivity (Wildman–Crippen MR) is 81.3 cm³/mol. The number of ether oxygens (including phenoxy) is 1. The Morgan fingerprint density at radius 2 is 1.64 bits per heavy atom. The van der Waals surface area contributed by atoms with Gasteiger partial charge in [-0.05, 0) is 12.1 Å². The molecule has 0 unspecified atom stereocenters. The third kappa shape index (κ3) is 3.45.